The molecular formula is C28H36N4O5. The molecule has 6 rings (SSSR count). The summed E-state index contributed by atoms with van der Waals surface area (Å²) in [4.78, 5) is 16.1. The summed E-state index contributed by atoms with van der Waals surface area (Å²) >= 11 is 0. The van der Waals surface area contributed by atoms with Gasteiger partial charge in [-0.15, -0.1) is 0 Å². The number of hydrogen-bond donors (Lipinski definition) is 4. The van der Waals surface area contributed by atoms with Crippen molar-refractivity contribution >= 4 is 11.6 Å². The minimum absolute atomic E-state index is 0.0603. The van der Waals surface area contributed by atoms with Crippen LogP contribution < -0.4 is 15.5 Å². The predicted octanol–water partition coefficient (Wildman–Crippen LogP) is 3.31. The van der Waals surface area contributed by atoms with Crippen LogP contribution >= 0.6 is 0 Å². The van der Waals surface area contributed by atoms with E-state index < -0.39 is 0 Å². The number of hydrazine groups is 1. The number of phenolic OH excluding ortho intramolecular Hbond substituents is 2. The fourth-order valence-corrected chi connectivity index (χ4v) is 6.57. The summed E-state index contributed by atoms with van der Waals surface area (Å²) in [6.07, 6.45) is 5.33. The molecule has 1 amide bonds. The molecule has 0 bridgehead atoms. The molecule has 2 fully saturated rings. The summed E-state index contributed by atoms with van der Waals surface area (Å²) < 4.78 is 12.1. The highest BCUT2D eigenvalue weighted by molar-refractivity contribution is 5.81. The van der Waals surface area contributed by atoms with Gasteiger partial charge in [-0.25, -0.2) is 5.01 Å². The molecule has 0 saturated carbocycles. The molecule has 5 atom stereocenters. The third-order valence-electron chi connectivity index (χ3n) is 8.29. The number of aromatic hydroxyl groups is 2. The number of likely N-dealkylation sites (tertiary alicyclic amines) is 1. The van der Waals surface area contributed by atoms with Crippen LogP contribution in [0.4, 0.5) is 5.69 Å². The molecule has 0 aromatic heterocycles. The number of carbonyl (C=O) groups is 1. The highest BCUT2D eigenvalue weighted by Crippen LogP contribution is 2.50. The maximum absolute atomic E-state index is 13.6. The highest BCUT2D eigenvalue weighted by atomic mass is 16.5. The lowest BCUT2D eigenvalue weighted by atomic mass is 9.82. The van der Waals surface area contributed by atoms with Crippen molar-refractivity contribution in [3.05, 3.63) is 47.5 Å². The summed E-state index contributed by atoms with van der Waals surface area (Å²) in [6, 6.07) is 9.83. The average molecular weight is 509 g/mol. The van der Waals surface area contributed by atoms with Crippen molar-refractivity contribution in [2.45, 2.75) is 56.8 Å². The second-order valence-electron chi connectivity index (χ2n) is 10.8. The molecule has 4 heterocycles. The van der Waals surface area contributed by atoms with E-state index >= 15 is 0 Å². The first-order chi connectivity index (χ1) is 18.0. The van der Waals surface area contributed by atoms with Gasteiger partial charge in [-0.05, 0) is 75.4 Å². The predicted molar refractivity (Wildman–Crippen MR) is 138 cm³/mol. The van der Waals surface area contributed by atoms with Gasteiger partial charge in [0.2, 0.25) is 0 Å². The molecule has 37 heavy (non-hydrogen) atoms. The van der Waals surface area contributed by atoms with Gasteiger partial charge < -0.3 is 25.0 Å². The Morgan fingerprint density at radius 2 is 1.92 bits per heavy atom. The van der Waals surface area contributed by atoms with Crippen molar-refractivity contribution in [2.24, 2.45) is 5.92 Å². The number of hydrogen-bond acceptors (Lipinski definition) is 8. The molecule has 9 heteroatoms. The third-order valence-corrected chi connectivity index (χ3v) is 8.29. The molecule has 9 nitrogen and oxygen atoms in total. The molecule has 198 valence electrons. The molecule has 0 aliphatic carbocycles. The second-order valence-corrected chi connectivity index (χ2v) is 10.8. The Hall–Kier alpha value is -3.01. The van der Waals surface area contributed by atoms with E-state index in [1.54, 1.807) is 29.3 Å². The fourth-order valence-electron chi connectivity index (χ4n) is 6.57. The zero-order valence-corrected chi connectivity index (χ0v) is 21.2. The maximum Gasteiger partial charge on any atom is 0.267 e. The zero-order chi connectivity index (χ0) is 25.5. The van der Waals surface area contributed by atoms with Crippen LogP contribution in [0.3, 0.4) is 0 Å². The lowest BCUT2D eigenvalue weighted by Gasteiger charge is -2.46. The Kier molecular flexibility index (Phi) is 6.60. The molecule has 0 spiro atoms. The Balaban J connectivity index is 1.18. The topological polar surface area (TPSA) is 107 Å². The van der Waals surface area contributed by atoms with Crippen LogP contribution in [-0.2, 0) is 9.53 Å². The van der Waals surface area contributed by atoms with Crippen LogP contribution in [-0.4, -0.2) is 71.1 Å². The van der Waals surface area contributed by atoms with E-state index in [1.165, 1.54) is 25.7 Å². The van der Waals surface area contributed by atoms with Crippen molar-refractivity contribution in [1.82, 2.24) is 15.2 Å². The number of rotatable bonds is 5. The van der Waals surface area contributed by atoms with Crippen LogP contribution in [0.1, 0.15) is 55.7 Å². The van der Waals surface area contributed by atoms with Gasteiger partial charge in [0.25, 0.3) is 5.91 Å². The van der Waals surface area contributed by atoms with E-state index in [0.717, 1.165) is 30.8 Å². The number of phenols is 2. The van der Waals surface area contributed by atoms with Gasteiger partial charge >= 0.3 is 0 Å². The van der Waals surface area contributed by atoms with Gasteiger partial charge in [0, 0.05) is 30.2 Å². The molecule has 4 aliphatic heterocycles. The van der Waals surface area contributed by atoms with Crippen molar-refractivity contribution in [3.63, 3.8) is 0 Å². The third kappa shape index (κ3) is 4.71. The van der Waals surface area contributed by atoms with Gasteiger partial charge in [0.15, 0.2) is 0 Å². The summed E-state index contributed by atoms with van der Waals surface area (Å²) in [5.41, 5.74) is 5.71. The Bertz CT molecular complexity index is 1160. The molecule has 4 aliphatic rings. The van der Waals surface area contributed by atoms with E-state index in [2.05, 4.69) is 15.6 Å². The number of fused-ring (bicyclic) bond motifs is 6. The number of amides is 1. The van der Waals surface area contributed by atoms with Crippen molar-refractivity contribution in [3.8, 4) is 17.2 Å². The van der Waals surface area contributed by atoms with E-state index in [9.17, 15) is 15.0 Å². The monoisotopic (exact) mass is 508 g/mol. The summed E-state index contributed by atoms with van der Waals surface area (Å²) in [5.74, 6) is 1.20. The number of nitrogens with zero attached hydrogens (tertiary/aromatic N) is 2. The van der Waals surface area contributed by atoms with Crippen molar-refractivity contribution in [2.75, 3.05) is 38.3 Å². The normalized spacial score (nSPS) is 27.5. The van der Waals surface area contributed by atoms with Gasteiger partial charge in [-0.3, -0.25) is 15.1 Å². The minimum atomic E-state index is -0.331. The number of piperidine rings is 2. The summed E-state index contributed by atoms with van der Waals surface area (Å²) in [6.45, 7) is 5.23. The number of anilines is 1. The van der Waals surface area contributed by atoms with Gasteiger partial charge in [-0.1, -0.05) is 6.07 Å². The molecule has 5 unspecified atom stereocenters. The molecule has 2 aromatic carbocycles. The first kappa shape index (κ1) is 24.3. The highest BCUT2D eigenvalue weighted by Gasteiger charge is 2.43. The van der Waals surface area contributed by atoms with Gasteiger partial charge in [0.1, 0.15) is 23.9 Å². The largest absolute Gasteiger partial charge is 0.508 e. The number of carbonyl (C=O) groups excluding carboxylic acids is 1. The Morgan fingerprint density at radius 3 is 2.78 bits per heavy atom. The molecule has 0 radical (unpaired) electrons. The molecular weight excluding hydrogens is 472 g/mol. The smallest absolute Gasteiger partial charge is 0.267 e. The van der Waals surface area contributed by atoms with Crippen LogP contribution in [0.15, 0.2) is 36.4 Å². The standard InChI is InChI=1S/C28H36N4O5/c1-17(14-31-11-3-5-18-4-2-10-29-28(18)31)36-16-26(35)32-27-22-9-7-20(34)13-25(22)37-15-23(27)21-8-6-19(33)12-24(21)30-32/h6-9,12-13,17-18,23,27-30,33-34H,2-5,10-11,14-16H2,1H3. The van der Waals surface area contributed by atoms with Crippen LogP contribution in [0.2, 0.25) is 0 Å². The number of benzene rings is 2. The zero-order valence-electron chi connectivity index (χ0n) is 21.2. The van der Waals surface area contributed by atoms with E-state index in [0.29, 0.717) is 30.1 Å². The van der Waals surface area contributed by atoms with Crippen molar-refractivity contribution in [1.29, 1.82) is 0 Å². The minimum Gasteiger partial charge on any atom is -0.508 e. The maximum atomic E-state index is 13.6. The van der Waals surface area contributed by atoms with E-state index in [1.807, 2.05) is 19.1 Å². The summed E-state index contributed by atoms with van der Waals surface area (Å²) in [7, 11) is 0. The van der Waals surface area contributed by atoms with Crippen LogP contribution in [0.25, 0.3) is 0 Å². The number of nitrogens with one attached hydrogen (secondary N) is 2. The molecule has 4 N–H and O–H groups in total. The quantitative estimate of drug-likeness (QED) is 0.488. The average Bonchev–Trinajstić information content (AvgIpc) is 2.90. The molecule has 2 saturated heterocycles. The Labute approximate surface area is 217 Å². The van der Waals surface area contributed by atoms with Gasteiger partial charge in [0.05, 0.1) is 30.6 Å². The Morgan fingerprint density at radius 1 is 1.14 bits per heavy atom. The second kappa shape index (κ2) is 10.0. The first-order valence-electron chi connectivity index (χ1n) is 13.4. The van der Waals surface area contributed by atoms with E-state index in [-0.39, 0.29) is 42.1 Å². The van der Waals surface area contributed by atoms with E-state index in [4.69, 9.17) is 9.47 Å². The van der Waals surface area contributed by atoms with Crippen molar-refractivity contribution < 1.29 is 24.5 Å². The fraction of sp³-hybridized carbons (Fsp3) is 0.536. The lowest BCUT2D eigenvalue weighted by molar-refractivity contribution is -0.141. The molecule has 2 aromatic rings. The number of ether oxygens (including phenoxy) is 2. The SMILES string of the molecule is CC(CN1CCCC2CCCNC21)OCC(=O)N1Nc2cc(O)ccc2C2COc3cc(O)ccc3C21. The lowest BCUT2D eigenvalue weighted by Crippen LogP contribution is -2.57. The first-order valence-corrected chi connectivity index (χ1v) is 13.4. The van der Waals surface area contributed by atoms with Gasteiger partial charge in [-0.2, -0.15) is 0 Å². The van der Waals surface area contributed by atoms with Crippen LogP contribution in [0, 0.1) is 5.92 Å². The summed E-state index contributed by atoms with van der Waals surface area (Å²) in [5, 5.41) is 25.3. The van der Waals surface area contributed by atoms with Crippen LogP contribution in [0.5, 0.6) is 17.2 Å².